The van der Waals surface area contributed by atoms with Crippen LogP contribution in [-0.4, -0.2) is 29.4 Å². The number of hydrogen-bond acceptors (Lipinski definition) is 6. The van der Waals surface area contributed by atoms with Gasteiger partial charge in [0.1, 0.15) is 0 Å². The Kier molecular flexibility index (Phi) is 7.14. The zero-order valence-corrected chi connectivity index (χ0v) is 18.3. The number of ether oxygens (including phenoxy) is 1. The summed E-state index contributed by atoms with van der Waals surface area (Å²) in [5.41, 5.74) is 1.81. The van der Waals surface area contributed by atoms with Crippen molar-refractivity contribution in [2.24, 2.45) is 0 Å². The molecule has 0 saturated heterocycles. The second kappa shape index (κ2) is 9.80. The van der Waals surface area contributed by atoms with Gasteiger partial charge in [-0.15, -0.1) is 0 Å². The fraction of sp³-hybridized carbons (Fsp3) is 0.0952. The molecule has 3 rings (SSSR count). The van der Waals surface area contributed by atoms with Gasteiger partial charge in [0, 0.05) is 0 Å². The van der Waals surface area contributed by atoms with E-state index in [4.69, 9.17) is 9.99 Å². The maximum atomic E-state index is 14.1. The molecule has 0 fully saturated rings. The molecule has 1 amide bonds. The van der Waals surface area contributed by atoms with Gasteiger partial charge in [-0.25, -0.2) is 0 Å². The SMILES string of the molecule is CC(=O)Nc1cc(Nc2ccc(F)c(OCc3ccccc3)c2)ccc1[As](=O)(O)OO. The number of carbonyl (C=O) groups is 1. The van der Waals surface area contributed by atoms with Crippen molar-refractivity contribution < 1.29 is 30.9 Å². The molecule has 1 atom stereocenters. The summed E-state index contributed by atoms with van der Waals surface area (Å²) in [6, 6.07) is 17.6. The number of benzene rings is 3. The van der Waals surface area contributed by atoms with E-state index in [1.54, 1.807) is 0 Å². The van der Waals surface area contributed by atoms with Crippen molar-refractivity contribution in [2.75, 3.05) is 10.6 Å². The molecular formula is C21H20AsFN2O6. The van der Waals surface area contributed by atoms with Crippen LogP contribution in [0.25, 0.3) is 0 Å². The van der Waals surface area contributed by atoms with Crippen molar-refractivity contribution in [1.82, 2.24) is 0 Å². The Balaban J connectivity index is 1.83. The van der Waals surface area contributed by atoms with Crippen LogP contribution in [0.1, 0.15) is 12.5 Å². The summed E-state index contributed by atoms with van der Waals surface area (Å²) in [6.45, 7) is 1.42. The average molecular weight is 490 g/mol. The summed E-state index contributed by atoms with van der Waals surface area (Å²) < 4.78 is 45.1. The molecule has 0 aliphatic rings. The normalized spacial score (nSPS) is 12.6. The zero-order valence-electron chi connectivity index (χ0n) is 16.4. The molecule has 10 heteroatoms. The van der Waals surface area contributed by atoms with Crippen molar-refractivity contribution in [3.05, 3.63) is 78.1 Å². The van der Waals surface area contributed by atoms with Gasteiger partial charge in [-0.2, -0.15) is 0 Å². The predicted octanol–water partition coefficient (Wildman–Crippen LogP) is 3.17. The van der Waals surface area contributed by atoms with Crippen LogP contribution in [0.4, 0.5) is 21.5 Å². The van der Waals surface area contributed by atoms with Crippen molar-refractivity contribution in [1.29, 1.82) is 0 Å². The van der Waals surface area contributed by atoms with Gasteiger partial charge < -0.3 is 0 Å². The first kappa shape index (κ1) is 22.6. The van der Waals surface area contributed by atoms with Crippen LogP contribution < -0.4 is 19.7 Å². The van der Waals surface area contributed by atoms with Gasteiger partial charge in [0.25, 0.3) is 0 Å². The number of rotatable bonds is 8. The van der Waals surface area contributed by atoms with E-state index in [1.165, 1.54) is 43.3 Å². The van der Waals surface area contributed by atoms with Crippen LogP contribution in [0.15, 0.2) is 66.7 Å². The van der Waals surface area contributed by atoms with Gasteiger partial charge in [-0.05, 0) is 0 Å². The fourth-order valence-corrected chi connectivity index (χ4v) is 4.42. The van der Waals surface area contributed by atoms with Crippen LogP contribution in [-0.2, 0) is 19.0 Å². The Labute approximate surface area is 180 Å². The Morgan fingerprint density at radius 2 is 1.74 bits per heavy atom. The summed E-state index contributed by atoms with van der Waals surface area (Å²) >= 11 is -5.22. The maximum absolute atomic E-state index is 14.1. The first-order valence-electron chi connectivity index (χ1n) is 9.10. The third-order valence-electron chi connectivity index (χ3n) is 4.18. The van der Waals surface area contributed by atoms with Crippen LogP contribution in [0.5, 0.6) is 5.75 Å². The predicted molar refractivity (Wildman–Crippen MR) is 113 cm³/mol. The van der Waals surface area contributed by atoms with E-state index in [0.29, 0.717) is 11.4 Å². The molecule has 0 radical (unpaired) electrons. The van der Waals surface area contributed by atoms with Crippen molar-refractivity contribution in [3.8, 4) is 5.75 Å². The summed E-state index contributed by atoms with van der Waals surface area (Å²) in [5.74, 6) is -0.964. The number of hydrogen-bond donors (Lipinski definition) is 4. The van der Waals surface area contributed by atoms with Gasteiger partial charge in [0.2, 0.25) is 0 Å². The van der Waals surface area contributed by atoms with E-state index < -0.39 is 25.9 Å². The molecule has 3 aromatic rings. The molecule has 1 unspecified atom stereocenters. The third kappa shape index (κ3) is 5.96. The van der Waals surface area contributed by atoms with E-state index in [1.807, 2.05) is 30.3 Å². The molecule has 0 aliphatic carbocycles. The number of nitrogens with one attached hydrogen (secondary N) is 2. The van der Waals surface area contributed by atoms with Crippen LogP contribution in [0.3, 0.4) is 0 Å². The standard InChI is InChI=1S/C21H20AsFN2O6/c1-14(26)24-20-11-16(7-9-18(20)22(27,28)31-29)25-17-8-10-19(23)21(12-17)30-13-15-5-3-2-4-6-15/h2-12,25,29H,13H2,1H3,(H,24,26)(H,27,28). The summed E-state index contributed by atoms with van der Waals surface area (Å²) in [4.78, 5) is 11.5. The molecule has 0 saturated carbocycles. The van der Waals surface area contributed by atoms with E-state index >= 15 is 0 Å². The van der Waals surface area contributed by atoms with E-state index in [9.17, 15) is 17.0 Å². The summed E-state index contributed by atoms with van der Waals surface area (Å²) in [5, 5.41) is 14.2. The number of amides is 1. The minimum absolute atomic E-state index is 0.000729. The van der Waals surface area contributed by atoms with E-state index in [-0.39, 0.29) is 22.4 Å². The molecule has 4 N–H and O–H groups in total. The number of anilines is 3. The molecule has 3 aromatic carbocycles. The van der Waals surface area contributed by atoms with Crippen LogP contribution >= 0.6 is 0 Å². The van der Waals surface area contributed by atoms with Crippen molar-refractivity contribution in [2.45, 2.75) is 13.5 Å². The Hall–Kier alpha value is -3.10. The average Bonchev–Trinajstić information content (AvgIpc) is 2.74. The Bertz CT molecular complexity index is 1130. The molecule has 162 valence electrons. The molecule has 0 spiro atoms. The Morgan fingerprint density at radius 1 is 1.06 bits per heavy atom. The fourth-order valence-electron chi connectivity index (χ4n) is 2.79. The molecule has 0 aromatic heterocycles. The van der Waals surface area contributed by atoms with Gasteiger partial charge in [-0.3, -0.25) is 0 Å². The molecule has 0 heterocycles. The van der Waals surface area contributed by atoms with Gasteiger partial charge >= 0.3 is 162 Å². The van der Waals surface area contributed by atoms with Crippen molar-refractivity contribution in [3.63, 3.8) is 0 Å². The molecule has 31 heavy (non-hydrogen) atoms. The number of halogens is 1. The van der Waals surface area contributed by atoms with E-state index in [0.717, 1.165) is 5.56 Å². The molecular weight excluding hydrogens is 470 g/mol. The quantitative estimate of drug-likeness (QED) is 0.218. The van der Waals surface area contributed by atoms with Crippen LogP contribution in [0.2, 0.25) is 0 Å². The summed E-state index contributed by atoms with van der Waals surface area (Å²) in [6.07, 6.45) is 0. The minimum atomic E-state index is -5.22. The molecule has 0 aliphatic heterocycles. The summed E-state index contributed by atoms with van der Waals surface area (Å²) in [7, 11) is 0. The van der Waals surface area contributed by atoms with Gasteiger partial charge in [0.05, 0.1) is 0 Å². The topological polar surface area (TPSA) is 117 Å². The first-order valence-corrected chi connectivity index (χ1v) is 12.4. The second-order valence-electron chi connectivity index (χ2n) is 6.56. The van der Waals surface area contributed by atoms with Crippen molar-refractivity contribution >= 4 is 41.5 Å². The Morgan fingerprint density at radius 3 is 2.42 bits per heavy atom. The van der Waals surface area contributed by atoms with E-state index in [2.05, 4.69) is 14.5 Å². The monoisotopic (exact) mass is 490 g/mol. The first-order chi connectivity index (χ1) is 14.8. The van der Waals surface area contributed by atoms with Crippen LogP contribution in [0, 0.1) is 5.82 Å². The van der Waals surface area contributed by atoms with Gasteiger partial charge in [-0.1, -0.05) is 18.2 Å². The zero-order chi connectivity index (χ0) is 22.4. The number of carbonyl (C=O) groups excluding carboxylic acids is 1. The second-order valence-corrected chi connectivity index (χ2v) is 10.1. The van der Waals surface area contributed by atoms with Gasteiger partial charge in [0.15, 0.2) is 0 Å². The third-order valence-corrected chi connectivity index (χ3v) is 6.74. The molecule has 0 bridgehead atoms. The molecule has 8 nitrogen and oxygen atoms in total.